The first-order valence-electron chi connectivity index (χ1n) is 7.92. The maximum Gasteiger partial charge on any atom is 0.236 e. The SMILES string of the molecule is CSC1(C(=O)NC[C@H]2C[C@@H](O)CN2Cc2ccccc2)CC1. The molecule has 1 saturated carbocycles. The molecule has 1 amide bonds. The van der Waals surface area contributed by atoms with E-state index in [9.17, 15) is 9.90 Å². The minimum Gasteiger partial charge on any atom is -0.392 e. The molecule has 1 aromatic rings. The molecule has 3 rings (SSSR count). The monoisotopic (exact) mass is 320 g/mol. The zero-order valence-corrected chi connectivity index (χ0v) is 13.8. The highest BCUT2D eigenvalue weighted by molar-refractivity contribution is 8.01. The summed E-state index contributed by atoms with van der Waals surface area (Å²) in [7, 11) is 0. The molecule has 4 nitrogen and oxygen atoms in total. The topological polar surface area (TPSA) is 52.6 Å². The summed E-state index contributed by atoms with van der Waals surface area (Å²) in [5, 5.41) is 13.1. The van der Waals surface area contributed by atoms with Gasteiger partial charge >= 0.3 is 0 Å². The van der Waals surface area contributed by atoms with Gasteiger partial charge in [0.25, 0.3) is 0 Å². The van der Waals surface area contributed by atoms with Gasteiger partial charge in [-0.3, -0.25) is 9.69 Å². The fourth-order valence-electron chi connectivity index (χ4n) is 3.19. The quantitative estimate of drug-likeness (QED) is 0.836. The summed E-state index contributed by atoms with van der Waals surface area (Å²) in [5.74, 6) is 0.168. The van der Waals surface area contributed by atoms with Crippen LogP contribution in [0.4, 0.5) is 0 Å². The minimum atomic E-state index is -0.291. The van der Waals surface area contributed by atoms with Crippen molar-refractivity contribution in [3.63, 3.8) is 0 Å². The van der Waals surface area contributed by atoms with Crippen LogP contribution in [0, 0.1) is 0 Å². The van der Waals surface area contributed by atoms with E-state index in [2.05, 4.69) is 22.3 Å². The van der Waals surface area contributed by atoms with E-state index >= 15 is 0 Å². The Hall–Kier alpha value is -1.04. The van der Waals surface area contributed by atoms with Crippen molar-refractivity contribution in [2.75, 3.05) is 19.3 Å². The van der Waals surface area contributed by atoms with E-state index in [1.54, 1.807) is 11.8 Å². The second kappa shape index (κ2) is 6.60. The normalized spacial score (nSPS) is 26.8. The van der Waals surface area contributed by atoms with Crippen molar-refractivity contribution in [2.24, 2.45) is 0 Å². The van der Waals surface area contributed by atoms with Crippen LogP contribution in [-0.4, -0.2) is 52.2 Å². The van der Waals surface area contributed by atoms with Crippen LogP contribution >= 0.6 is 11.8 Å². The number of nitrogens with zero attached hydrogens (tertiary/aromatic N) is 1. The molecule has 0 aromatic heterocycles. The maximum absolute atomic E-state index is 12.2. The Balaban J connectivity index is 1.56. The third kappa shape index (κ3) is 3.47. The Bertz CT molecular complexity index is 519. The van der Waals surface area contributed by atoms with Gasteiger partial charge in [-0.2, -0.15) is 0 Å². The van der Waals surface area contributed by atoms with E-state index < -0.39 is 0 Å². The van der Waals surface area contributed by atoms with Crippen LogP contribution < -0.4 is 5.32 Å². The zero-order chi connectivity index (χ0) is 15.6. The number of hydrogen-bond donors (Lipinski definition) is 2. The molecular weight excluding hydrogens is 296 g/mol. The number of benzene rings is 1. The van der Waals surface area contributed by atoms with Crippen LogP contribution in [0.3, 0.4) is 0 Å². The molecule has 0 radical (unpaired) electrons. The van der Waals surface area contributed by atoms with E-state index in [1.807, 2.05) is 24.5 Å². The number of carbonyl (C=O) groups is 1. The summed E-state index contributed by atoms with van der Waals surface area (Å²) in [5.41, 5.74) is 1.25. The van der Waals surface area contributed by atoms with Crippen molar-refractivity contribution in [2.45, 2.75) is 42.7 Å². The number of aliphatic hydroxyl groups is 1. The summed E-state index contributed by atoms with van der Waals surface area (Å²) in [4.78, 5) is 14.5. The fraction of sp³-hybridized carbons (Fsp3) is 0.588. The molecule has 1 aliphatic heterocycles. The molecule has 1 aliphatic carbocycles. The van der Waals surface area contributed by atoms with E-state index in [1.165, 1.54) is 5.56 Å². The van der Waals surface area contributed by atoms with Crippen molar-refractivity contribution in [1.29, 1.82) is 0 Å². The average molecular weight is 320 g/mol. The number of likely N-dealkylation sites (tertiary alicyclic amines) is 1. The zero-order valence-electron chi connectivity index (χ0n) is 13.0. The van der Waals surface area contributed by atoms with Gasteiger partial charge in [-0.25, -0.2) is 0 Å². The van der Waals surface area contributed by atoms with Gasteiger partial charge in [0.1, 0.15) is 0 Å². The minimum absolute atomic E-state index is 0.165. The van der Waals surface area contributed by atoms with Gasteiger partial charge in [-0.15, -0.1) is 11.8 Å². The number of β-amino-alcohol motifs (C(OH)–C–C–N with tert-alkyl or cyclic N) is 1. The first-order chi connectivity index (χ1) is 10.6. The van der Waals surface area contributed by atoms with Crippen molar-refractivity contribution in [3.05, 3.63) is 35.9 Å². The first kappa shape index (κ1) is 15.8. The lowest BCUT2D eigenvalue weighted by Crippen LogP contribution is -2.43. The van der Waals surface area contributed by atoms with Gasteiger partial charge in [-0.05, 0) is 31.1 Å². The van der Waals surface area contributed by atoms with Crippen LogP contribution in [0.5, 0.6) is 0 Å². The van der Waals surface area contributed by atoms with Gasteiger partial charge in [-0.1, -0.05) is 30.3 Å². The van der Waals surface area contributed by atoms with Crippen LogP contribution in [0.15, 0.2) is 30.3 Å². The fourth-order valence-corrected chi connectivity index (χ4v) is 3.96. The van der Waals surface area contributed by atoms with Gasteiger partial charge in [0, 0.05) is 25.7 Å². The Kier molecular flexibility index (Phi) is 4.76. The van der Waals surface area contributed by atoms with E-state index in [4.69, 9.17) is 0 Å². The number of rotatable bonds is 6. The Morgan fingerprint density at radius 3 is 2.77 bits per heavy atom. The largest absolute Gasteiger partial charge is 0.392 e. The predicted molar refractivity (Wildman–Crippen MR) is 89.8 cm³/mol. The number of hydrogen-bond acceptors (Lipinski definition) is 4. The highest BCUT2D eigenvalue weighted by Crippen LogP contribution is 2.47. The van der Waals surface area contributed by atoms with Crippen LogP contribution in [0.1, 0.15) is 24.8 Å². The molecule has 22 heavy (non-hydrogen) atoms. The maximum atomic E-state index is 12.2. The van der Waals surface area contributed by atoms with Gasteiger partial charge in [0.15, 0.2) is 0 Å². The number of thioether (sulfide) groups is 1. The van der Waals surface area contributed by atoms with E-state index in [-0.39, 0.29) is 22.8 Å². The Morgan fingerprint density at radius 2 is 2.14 bits per heavy atom. The molecule has 5 heteroatoms. The molecular formula is C17H24N2O2S. The summed E-state index contributed by atoms with van der Waals surface area (Å²) < 4.78 is -0.165. The Morgan fingerprint density at radius 1 is 1.41 bits per heavy atom. The van der Waals surface area contributed by atoms with Crippen molar-refractivity contribution in [1.82, 2.24) is 10.2 Å². The molecule has 2 aliphatic rings. The van der Waals surface area contributed by atoms with Crippen LogP contribution in [0.2, 0.25) is 0 Å². The van der Waals surface area contributed by atoms with E-state index in [0.29, 0.717) is 13.1 Å². The summed E-state index contributed by atoms with van der Waals surface area (Å²) in [6.07, 6.45) is 4.43. The van der Waals surface area contributed by atoms with Crippen molar-refractivity contribution < 1.29 is 9.90 Å². The lowest BCUT2D eigenvalue weighted by atomic mass is 10.1. The number of amides is 1. The van der Waals surface area contributed by atoms with Crippen molar-refractivity contribution in [3.8, 4) is 0 Å². The second-order valence-electron chi connectivity index (χ2n) is 6.37. The van der Waals surface area contributed by atoms with E-state index in [0.717, 1.165) is 25.8 Å². The smallest absolute Gasteiger partial charge is 0.236 e. The molecule has 0 bridgehead atoms. The summed E-state index contributed by atoms with van der Waals surface area (Å²) in [6, 6.07) is 10.5. The van der Waals surface area contributed by atoms with Crippen LogP contribution in [0.25, 0.3) is 0 Å². The summed E-state index contributed by atoms with van der Waals surface area (Å²) in [6.45, 7) is 2.14. The third-order valence-electron chi connectivity index (χ3n) is 4.74. The molecule has 120 valence electrons. The molecule has 1 heterocycles. The standard InChI is InChI=1S/C17H24N2O2S/c1-22-17(7-8-17)16(21)18-10-14-9-15(20)12-19(14)11-13-5-3-2-4-6-13/h2-6,14-15,20H,7-12H2,1H3,(H,18,21)/t14-,15-/m1/s1. The van der Waals surface area contributed by atoms with Crippen LogP contribution in [-0.2, 0) is 11.3 Å². The highest BCUT2D eigenvalue weighted by Gasteiger charge is 2.49. The van der Waals surface area contributed by atoms with Gasteiger partial charge < -0.3 is 10.4 Å². The lowest BCUT2D eigenvalue weighted by Gasteiger charge is -2.25. The first-order valence-corrected chi connectivity index (χ1v) is 9.15. The lowest BCUT2D eigenvalue weighted by molar-refractivity contribution is -0.121. The molecule has 1 aromatic carbocycles. The predicted octanol–water partition coefficient (Wildman–Crippen LogP) is 1.63. The average Bonchev–Trinajstić information content (AvgIpc) is 3.25. The summed E-state index contributed by atoms with van der Waals surface area (Å²) >= 11 is 1.66. The second-order valence-corrected chi connectivity index (χ2v) is 7.56. The molecule has 2 fully saturated rings. The molecule has 1 saturated heterocycles. The molecule has 2 atom stereocenters. The highest BCUT2D eigenvalue weighted by atomic mass is 32.2. The van der Waals surface area contributed by atoms with Gasteiger partial charge in [0.2, 0.25) is 5.91 Å². The number of carbonyl (C=O) groups excluding carboxylic acids is 1. The molecule has 2 N–H and O–H groups in total. The number of aliphatic hydroxyl groups excluding tert-OH is 1. The molecule has 0 unspecified atom stereocenters. The van der Waals surface area contributed by atoms with Crippen molar-refractivity contribution >= 4 is 17.7 Å². The number of nitrogens with one attached hydrogen (secondary N) is 1. The third-order valence-corrected chi connectivity index (χ3v) is 6.12. The molecule has 0 spiro atoms. The Labute approximate surface area is 136 Å². The van der Waals surface area contributed by atoms with Gasteiger partial charge in [0.05, 0.1) is 10.9 Å².